The van der Waals surface area contributed by atoms with Crippen LogP contribution in [0.1, 0.15) is 19.4 Å². The Morgan fingerprint density at radius 3 is 3.16 bits per heavy atom. The second-order valence-electron chi connectivity index (χ2n) is 4.91. The number of hydrogen-bond donors (Lipinski definition) is 2. The van der Waals surface area contributed by atoms with Gasteiger partial charge in [-0.1, -0.05) is 13.0 Å². The van der Waals surface area contributed by atoms with Crippen molar-refractivity contribution in [2.45, 2.75) is 32.5 Å². The van der Waals surface area contributed by atoms with Gasteiger partial charge in [0.05, 0.1) is 25.4 Å². The molecule has 0 saturated carbocycles. The van der Waals surface area contributed by atoms with E-state index in [0.717, 1.165) is 18.9 Å². The molecule has 0 amide bonds. The number of pyridine rings is 1. The number of anilines is 1. The Balaban J connectivity index is 2.18. The van der Waals surface area contributed by atoms with Crippen LogP contribution in [0.25, 0.3) is 0 Å². The van der Waals surface area contributed by atoms with Crippen molar-refractivity contribution >= 4 is 5.82 Å². The van der Waals surface area contributed by atoms with Crippen molar-refractivity contribution in [2.75, 3.05) is 31.2 Å². The van der Waals surface area contributed by atoms with Crippen molar-refractivity contribution in [1.29, 1.82) is 0 Å². The summed E-state index contributed by atoms with van der Waals surface area (Å²) in [7, 11) is 0. The molecule has 1 saturated heterocycles. The number of aliphatic hydroxyl groups excluding tert-OH is 1. The normalized spacial score (nSPS) is 23.6. The molecule has 0 bridgehead atoms. The van der Waals surface area contributed by atoms with Crippen molar-refractivity contribution in [3.63, 3.8) is 0 Å². The molecule has 1 aliphatic rings. The van der Waals surface area contributed by atoms with Gasteiger partial charge in [0.2, 0.25) is 0 Å². The molecule has 2 unspecified atom stereocenters. The van der Waals surface area contributed by atoms with Crippen LogP contribution in [0.4, 0.5) is 5.82 Å². The first-order valence-corrected chi connectivity index (χ1v) is 6.90. The highest BCUT2D eigenvalue weighted by molar-refractivity contribution is 5.48. The topological polar surface area (TPSA) is 57.6 Å². The van der Waals surface area contributed by atoms with Crippen LogP contribution in [0.5, 0.6) is 0 Å². The van der Waals surface area contributed by atoms with Crippen LogP contribution in [0, 0.1) is 0 Å². The number of ether oxygens (including phenoxy) is 1. The summed E-state index contributed by atoms with van der Waals surface area (Å²) in [5, 5.41) is 12.6. The molecule has 1 aromatic rings. The fourth-order valence-electron chi connectivity index (χ4n) is 2.31. The lowest BCUT2D eigenvalue weighted by Crippen LogP contribution is -2.50. The fourth-order valence-corrected chi connectivity index (χ4v) is 2.31. The number of morpholine rings is 1. The van der Waals surface area contributed by atoms with E-state index in [9.17, 15) is 5.11 Å². The van der Waals surface area contributed by atoms with E-state index < -0.39 is 0 Å². The summed E-state index contributed by atoms with van der Waals surface area (Å²) < 4.78 is 5.58. The quantitative estimate of drug-likeness (QED) is 0.824. The minimum Gasteiger partial charge on any atom is -0.394 e. The molecule has 0 aliphatic carbocycles. The maximum atomic E-state index is 9.27. The lowest BCUT2D eigenvalue weighted by Gasteiger charge is -2.39. The Hall–Kier alpha value is -1.17. The van der Waals surface area contributed by atoms with Crippen molar-refractivity contribution in [3.05, 3.63) is 23.9 Å². The number of aliphatic hydroxyl groups is 1. The lowest BCUT2D eigenvalue weighted by molar-refractivity contribution is -0.0106. The second-order valence-corrected chi connectivity index (χ2v) is 4.91. The molecular weight excluding hydrogens is 242 g/mol. The molecule has 0 aromatic carbocycles. The third-order valence-electron chi connectivity index (χ3n) is 3.41. The molecule has 0 spiro atoms. The molecule has 1 aliphatic heterocycles. The largest absolute Gasteiger partial charge is 0.394 e. The van der Waals surface area contributed by atoms with Gasteiger partial charge in [-0.15, -0.1) is 0 Å². The minimum atomic E-state index is -0.120. The summed E-state index contributed by atoms with van der Waals surface area (Å²) in [4.78, 5) is 6.76. The molecule has 2 atom stereocenters. The van der Waals surface area contributed by atoms with Crippen LogP contribution in [0.15, 0.2) is 18.3 Å². The van der Waals surface area contributed by atoms with Gasteiger partial charge in [-0.25, -0.2) is 4.98 Å². The summed E-state index contributed by atoms with van der Waals surface area (Å²) in [5.41, 5.74) is 1.19. The van der Waals surface area contributed by atoms with E-state index in [0.29, 0.717) is 13.2 Å². The summed E-state index contributed by atoms with van der Waals surface area (Å²) in [5.74, 6) is 0.998. The monoisotopic (exact) mass is 265 g/mol. The Kier molecular flexibility index (Phi) is 5.13. The zero-order valence-electron chi connectivity index (χ0n) is 11.7. The third-order valence-corrected chi connectivity index (χ3v) is 3.41. The second kappa shape index (κ2) is 6.84. The van der Waals surface area contributed by atoms with E-state index in [-0.39, 0.29) is 18.8 Å². The molecule has 2 heterocycles. The van der Waals surface area contributed by atoms with Crippen molar-refractivity contribution in [1.82, 2.24) is 10.3 Å². The van der Waals surface area contributed by atoms with E-state index in [1.54, 1.807) is 0 Å². The van der Waals surface area contributed by atoms with Gasteiger partial charge in [0.1, 0.15) is 5.82 Å². The third kappa shape index (κ3) is 3.43. The average molecular weight is 265 g/mol. The van der Waals surface area contributed by atoms with Gasteiger partial charge in [0, 0.05) is 24.8 Å². The fraction of sp³-hybridized carbons (Fsp3) is 0.643. The lowest BCUT2D eigenvalue weighted by atomic mass is 10.1. The van der Waals surface area contributed by atoms with Crippen molar-refractivity contribution in [3.8, 4) is 0 Å². The van der Waals surface area contributed by atoms with Gasteiger partial charge < -0.3 is 20.1 Å². The Morgan fingerprint density at radius 2 is 2.42 bits per heavy atom. The maximum Gasteiger partial charge on any atom is 0.133 e. The first kappa shape index (κ1) is 14.2. The number of nitrogens with zero attached hydrogens (tertiary/aromatic N) is 2. The van der Waals surface area contributed by atoms with Gasteiger partial charge in [0.15, 0.2) is 0 Å². The number of aromatic nitrogens is 1. The average Bonchev–Trinajstić information content (AvgIpc) is 2.46. The van der Waals surface area contributed by atoms with Gasteiger partial charge in [-0.2, -0.15) is 0 Å². The summed E-state index contributed by atoms with van der Waals surface area (Å²) >= 11 is 0. The molecule has 1 fully saturated rings. The Morgan fingerprint density at radius 1 is 1.58 bits per heavy atom. The molecule has 5 nitrogen and oxygen atoms in total. The van der Waals surface area contributed by atoms with Gasteiger partial charge in [-0.3, -0.25) is 0 Å². The zero-order valence-corrected chi connectivity index (χ0v) is 11.7. The maximum absolute atomic E-state index is 9.27. The van der Waals surface area contributed by atoms with E-state index >= 15 is 0 Å². The van der Waals surface area contributed by atoms with Crippen molar-refractivity contribution in [2.24, 2.45) is 0 Å². The van der Waals surface area contributed by atoms with E-state index in [4.69, 9.17) is 4.74 Å². The first-order chi connectivity index (χ1) is 9.26. The van der Waals surface area contributed by atoms with Crippen LogP contribution < -0.4 is 10.2 Å². The number of hydrogen-bond acceptors (Lipinski definition) is 5. The predicted octanol–water partition coefficient (Wildman–Crippen LogP) is 0.777. The smallest absolute Gasteiger partial charge is 0.133 e. The molecule has 2 rings (SSSR count). The molecule has 1 aromatic heterocycles. The van der Waals surface area contributed by atoms with Gasteiger partial charge >= 0.3 is 0 Å². The standard InChI is InChI=1S/C14H23N3O2/c1-3-15-7-12-5-4-6-16-14(12)17-8-13(9-18)19-10-11(17)2/h4-6,11,13,15,18H,3,7-10H2,1-2H3. The van der Waals surface area contributed by atoms with Crippen LogP contribution in [-0.4, -0.2) is 48.5 Å². The molecule has 2 N–H and O–H groups in total. The highest BCUT2D eigenvalue weighted by Gasteiger charge is 2.27. The first-order valence-electron chi connectivity index (χ1n) is 6.90. The SMILES string of the molecule is CCNCc1cccnc1N1CC(CO)OCC1C. The number of rotatable bonds is 5. The summed E-state index contributed by atoms with van der Waals surface area (Å²) in [6.07, 6.45) is 1.70. The van der Waals surface area contributed by atoms with E-state index in [2.05, 4.69) is 35.1 Å². The number of nitrogens with one attached hydrogen (secondary N) is 1. The van der Waals surface area contributed by atoms with Crippen LogP contribution in [-0.2, 0) is 11.3 Å². The Bertz CT molecular complexity index is 400. The summed E-state index contributed by atoms with van der Waals surface area (Å²) in [6.45, 7) is 7.34. The van der Waals surface area contributed by atoms with E-state index in [1.165, 1.54) is 5.56 Å². The predicted molar refractivity (Wildman–Crippen MR) is 75.3 cm³/mol. The van der Waals surface area contributed by atoms with Crippen LogP contribution >= 0.6 is 0 Å². The molecule has 5 heteroatoms. The summed E-state index contributed by atoms with van der Waals surface area (Å²) in [6, 6.07) is 4.34. The molecule has 106 valence electrons. The highest BCUT2D eigenvalue weighted by Crippen LogP contribution is 2.23. The zero-order chi connectivity index (χ0) is 13.7. The highest BCUT2D eigenvalue weighted by atomic mass is 16.5. The molecular formula is C14H23N3O2. The minimum absolute atomic E-state index is 0.0542. The van der Waals surface area contributed by atoms with Gasteiger partial charge in [-0.05, 0) is 19.5 Å². The Labute approximate surface area is 114 Å². The molecule has 19 heavy (non-hydrogen) atoms. The molecule has 0 radical (unpaired) electrons. The van der Waals surface area contributed by atoms with Crippen molar-refractivity contribution < 1.29 is 9.84 Å². The van der Waals surface area contributed by atoms with Crippen LogP contribution in [0.2, 0.25) is 0 Å². The van der Waals surface area contributed by atoms with E-state index in [1.807, 2.05) is 12.3 Å². The van der Waals surface area contributed by atoms with Crippen LogP contribution in [0.3, 0.4) is 0 Å². The van der Waals surface area contributed by atoms with Gasteiger partial charge in [0.25, 0.3) is 0 Å².